The molecular weight excluding hydrogens is 348 g/mol. The number of carbonyl (C=O) groups is 1. The maximum atomic E-state index is 10.8. The number of halogens is 1. The zero-order valence-corrected chi connectivity index (χ0v) is 13.0. The number of benzene rings is 1. The van der Waals surface area contributed by atoms with E-state index in [1.54, 1.807) is 17.1 Å². The molecule has 0 saturated heterocycles. The van der Waals surface area contributed by atoms with Crippen LogP contribution >= 0.6 is 39.0 Å². The van der Waals surface area contributed by atoms with Crippen LogP contribution in [-0.4, -0.2) is 16.1 Å². The SMILES string of the molecule is NC(C(=O)O)c1csc(CSc2cccc(Br)c2)n1. The van der Waals surface area contributed by atoms with Gasteiger partial charge < -0.3 is 10.8 Å². The average molecular weight is 359 g/mol. The molecule has 19 heavy (non-hydrogen) atoms. The average Bonchev–Trinajstić information content (AvgIpc) is 2.84. The quantitative estimate of drug-likeness (QED) is 0.802. The van der Waals surface area contributed by atoms with Gasteiger partial charge >= 0.3 is 5.97 Å². The van der Waals surface area contributed by atoms with Crippen molar-refractivity contribution in [3.8, 4) is 0 Å². The van der Waals surface area contributed by atoms with Gasteiger partial charge in [-0.3, -0.25) is 4.79 Å². The van der Waals surface area contributed by atoms with Crippen LogP contribution in [0.3, 0.4) is 0 Å². The fraction of sp³-hybridized carbons (Fsp3) is 0.167. The fourth-order valence-electron chi connectivity index (χ4n) is 1.36. The summed E-state index contributed by atoms with van der Waals surface area (Å²) >= 11 is 6.50. The van der Waals surface area contributed by atoms with Crippen molar-refractivity contribution in [2.45, 2.75) is 16.7 Å². The van der Waals surface area contributed by atoms with Gasteiger partial charge in [-0.15, -0.1) is 23.1 Å². The van der Waals surface area contributed by atoms with Gasteiger partial charge in [0.25, 0.3) is 0 Å². The Morgan fingerprint density at radius 1 is 1.58 bits per heavy atom. The van der Waals surface area contributed by atoms with Crippen molar-refractivity contribution in [3.05, 3.63) is 44.8 Å². The molecule has 0 aliphatic carbocycles. The third-order valence-corrected chi connectivity index (χ3v) is 4.86. The summed E-state index contributed by atoms with van der Waals surface area (Å²) in [4.78, 5) is 16.1. The van der Waals surface area contributed by atoms with Crippen molar-refractivity contribution >= 4 is 45.0 Å². The number of aromatic nitrogens is 1. The standard InChI is InChI=1S/C12H11BrN2O2S2/c13-7-2-1-3-8(4-7)18-6-10-15-9(5-19-10)11(14)12(16)17/h1-5,11H,6,14H2,(H,16,17). The van der Waals surface area contributed by atoms with Gasteiger partial charge in [-0.05, 0) is 18.2 Å². The molecule has 100 valence electrons. The smallest absolute Gasteiger partial charge is 0.326 e. The minimum atomic E-state index is -1.06. The molecule has 0 aliphatic rings. The number of rotatable bonds is 5. The van der Waals surface area contributed by atoms with Crippen LogP contribution in [0.1, 0.15) is 16.7 Å². The van der Waals surface area contributed by atoms with Gasteiger partial charge in [-0.2, -0.15) is 0 Å². The number of thiazole rings is 1. The number of nitrogens with two attached hydrogens (primary N) is 1. The van der Waals surface area contributed by atoms with E-state index in [0.29, 0.717) is 11.4 Å². The maximum Gasteiger partial charge on any atom is 0.326 e. The lowest BCUT2D eigenvalue weighted by Crippen LogP contribution is -2.20. The van der Waals surface area contributed by atoms with Gasteiger partial charge in [-0.1, -0.05) is 22.0 Å². The molecular formula is C12H11BrN2O2S2. The minimum Gasteiger partial charge on any atom is -0.480 e. The molecule has 0 saturated carbocycles. The Morgan fingerprint density at radius 3 is 3.05 bits per heavy atom. The Labute approximate surface area is 127 Å². The first-order valence-electron chi connectivity index (χ1n) is 5.37. The predicted molar refractivity (Wildman–Crippen MR) is 80.4 cm³/mol. The molecule has 0 amide bonds. The van der Waals surface area contributed by atoms with Gasteiger partial charge in [0, 0.05) is 14.7 Å². The lowest BCUT2D eigenvalue weighted by Gasteiger charge is -2.01. The first-order chi connectivity index (χ1) is 9.06. The Hall–Kier alpha value is -0.890. The molecule has 3 N–H and O–H groups in total. The van der Waals surface area contributed by atoms with Crippen molar-refractivity contribution in [1.82, 2.24) is 4.98 Å². The summed E-state index contributed by atoms with van der Waals surface area (Å²) in [5, 5.41) is 11.4. The molecule has 1 atom stereocenters. The largest absolute Gasteiger partial charge is 0.480 e. The zero-order chi connectivity index (χ0) is 13.8. The first-order valence-corrected chi connectivity index (χ1v) is 8.03. The first kappa shape index (κ1) is 14.5. The molecule has 1 heterocycles. The molecule has 1 aromatic heterocycles. The molecule has 0 bridgehead atoms. The van der Waals surface area contributed by atoms with E-state index in [1.807, 2.05) is 24.3 Å². The molecule has 0 radical (unpaired) electrons. The zero-order valence-electron chi connectivity index (χ0n) is 9.75. The van der Waals surface area contributed by atoms with E-state index < -0.39 is 12.0 Å². The summed E-state index contributed by atoms with van der Waals surface area (Å²) in [6.07, 6.45) is 0. The molecule has 0 aliphatic heterocycles. The molecule has 2 rings (SSSR count). The lowest BCUT2D eigenvalue weighted by molar-refractivity contribution is -0.138. The van der Waals surface area contributed by atoms with E-state index in [-0.39, 0.29) is 0 Å². The summed E-state index contributed by atoms with van der Waals surface area (Å²) in [5.41, 5.74) is 5.93. The van der Waals surface area contributed by atoms with Crippen molar-refractivity contribution < 1.29 is 9.90 Å². The summed E-state index contributed by atoms with van der Waals surface area (Å²) in [6.45, 7) is 0. The highest BCUT2D eigenvalue weighted by Gasteiger charge is 2.17. The van der Waals surface area contributed by atoms with Crippen LogP contribution < -0.4 is 5.73 Å². The van der Waals surface area contributed by atoms with Crippen molar-refractivity contribution in [3.63, 3.8) is 0 Å². The van der Waals surface area contributed by atoms with Crippen molar-refractivity contribution in [2.75, 3.05) is 0 Å². The van der Waals surface area contributed by atoms with Crippen molar-refractivity contribution in [2.24, 2.45) is 5.73 Å². The normalized spacial score (nSPS) is 12.3. The second kappa shape index (κ2) is 6.51. The van der Waals surface area contributed by atoms with Crippen LogP contribution in [0.2, 0.25) is 0 Å². The molecule has 1 unspecified atom stereocenters. The summed E-state index contributed by atoms with van der Waals surface area (Å²) in [6, 6.07) is 6.95. The second-order valence-corrected chi connectivity index (χ2v) is 6.64. The number of hydrogen-bond acceptors (Lipinski definition) is 5. The van der Waals surface area contributed by atoms with Crippen LogP contribution in [0.25, 0.3) is 0 Å². The van der Waals surface area contributed by atoms with E-state index in [2.05, 4.69) is 20.9 Å². The van der Waals surface area contributed by atoms with E-state index in [0.717, 1.165) is 14.4 Å². The fourth-order valence-corrected chi connectivity index (χ4v) is 3.72. The third kappa shape index (κ3) is 4.04. The van der Waals surface area contributed by atoms with Crippen LogP contribution in [0.5, 0.6) is 0 Å². The Bertz CT molecular complexity index is 589. The summed E-state index contributed by atoms with van der Waals surface area (Å²) < 4.78 is 1.03. The third-order valence-electron chi connectivity index (χ3n) is 2.31. The van der Waals surface area contributed by atoms with Gasteiger partial charge in [0.15, 0.2) is 0 Å². The molecule has 1 aromatic carbocycles. The number of hydrogen-bond donors (Lipinski definition) is 2. The number of nitrogens with zero attached hydrogens (tertiary/aromatic N) is 1. The van der Waals surface area contributed by atoms with Crippen LogP contribution in [0.15, 0.2) is 39.0 Å². The highest BCUT2D eigenvalue weighted by atomic mass is 79.9. The van der Waals surface area contributed by atoms with Crippen LogP contribution in [0.4, 0.5) is 0 Å². The van der Waals surface area contributed by atoms with E-state index in [1.165, 1.54) is 11.3 Å². The van der Waals surface area contributed by atoms with E-state index in [9.17, 15) is 4.79 Å². The molecule has 0 fully saturated rings. The topological polar surface area (TPSA) is 76.2 Å². The Kier molecular flexibility index (Phi) is 4.98. The lowest BCUT2D eigenvalue weighted by atomic mass is 10.2. The Balaban J connectivity index is 1.99. The predicted octanol–water partition coefficient (Wildman–Crippen LogP) is 3.28. The summed E-state index contributed by atoms with van der Waals surface area (Å²) in [5.74, 6) is -0.357. The van der Waals surface area contributed by atoms with E-state index >= 15 is 0 Å². The van der Waals surface area contributed by atoms with E-state index in [4.69, 9.17) is 10.8 Å². The second-order valence-electron chi connectivity index (χ2n) is 3.73. The van der Waals surface area contributed by atoms with Gasteiger partial charge in [0.05, 0.1) is 11.4 Å². The summed E-state index contributed by atoms with van der Waals surface area (Å²) in [7, 11) is 0. The monoisotopic (exact) mass is 358 g/mol. The molecule has 0 spiro atoms. The number of aliphatic carboxylic acids is 1. The highest BCUT2D eigenvalue weighted by molar-refractivity contribution is 9.10. The van der Waals surface area contributed by atoms with Crippen LogP contribution in [0, 0.1) is 0 Å². The molecule has 7 heteroatoms. The molecule has 2 aromatic rings. The minimum absolute atomic E-state index is 0.419. The number of carboxylic acid groups (broad SMARTS) is 1. The number of thioether (sulfide) groups is 1. The van der Waals surface area contributed by atoms with Gasteiger partial charge in [0.1, 0.15) is 11.0 Å². The maximum absolute atomic E-state index is 10.8. The molecule has 4 nitrogen and oxygen atoms in total. The van der Waals surface area contributed by atoms with Crippen molar-refractivity contribution in [1.29, 1.82) is 0 Å². The van der Waals surface area contributed by atoms with Gasteiger partial charge in [-0.25, -0.2) is 4.98 Å². The Morgan fingerprint density at radius 2 is 2.37 bits per heavy atom. The highest BCUT2D eigenvalue weighted by Crippen LogP contribution is 2.27. The number of carboxylic acids is 1. The van der Waals surface area contributed by atoms with Gasteiger partial charge in [0.2, 0.25) is 0 Å². The van der Waals surface area contributed by atoms with Crippen LogP contribution in [-0.2, 0) is 10.5 Å².